The molecule has 23 heavy (non-hydrogen) atoms. The quantitative estimate of drug-likeness (QED) is 0.718. The fourth-order valence-corrected chi connectivity index (χ4v) is 3.11. The molecule has 0 spiro atoms. The molecule has 1 aromatic carbocycles. The second-order valence-electron chi connectivity index (χ2n) is 5.35. The number of para-hydroxylation sites is 1. The van der Waals surface area contributed by atoms with Crippen LogP contribution in [0.15, 0.2) is 35.1 Å². The molecule has 3 rings (SSSR count). The first-order valence-electron chi connectivity index (χ1n) is 7.31. The van der Waals surface area contributed by atoms with E-state index in [1.807, 2.05) is 43.1 Å². The van der Waals surface area contributed by atoms with Crippen LogP contribution in [0.1, 0.15) is 11.3 Å². The lowest BCUT2D eigenvalue weighted by Gasteiger charge is -2.16. The zero-order chi connectivity index (χ0) is 16.4. The number of benzene rings is 1. The van der Waals surface area contributed by atoms with Crippen LogP contribution < -0.4 is 15.2 Å². The third-order valence-electron chi connectivity index (χ3n) is 3.47. The summed E-state index contributed by atoms with van der Waals surface area (Å²) < 4.78 is 7.14. The van der Waals surface area contributed by atoms with Crippen LogP contribution in [0.3, 0.4) is 0 Å². The summed E-state index contributed by atoms with van der Waals surface area (Å²) in [6.45, 7) is 5.04. The largest absolute Gasteiger partial charge is 0.491 e. The number of nitrogens with zero attached hydrogens (tertiary/aromatic N) is 4. The number of hydrogen-bond acceptors (Lipinski definition) is 6. The Hall–Kier alpha value is -2.41. The van der Waals surface area contributed by atoms with Crippen LogP contribution in [0.25, 0.3) is 4.96 Å². The van der Waals surface area contributed by atoms with E-state index >= 15 is 0 Å². The van der Waals surface area contributed by atoms with Crippen molar-refractivity contribution >= 4 is 21.4 Å². The zero-order valence-electron chi connectivity index (χ0n) is 13.3. The number of aromatic nitrogens is 3. The second kappa shape index (κ2) is 6.37. The number of ether oxygens (including phenoxy) is 1. The van der Waals surface area contributed by atoms with E-state index in [4.69, 9.17) is 4.74 Å². The molecule has 6 nitrogen and oxygen atoms in total. The molecule has 0 aliphatic carbocycles. The molecule has 0 amide bonds. The summed E-state index contributed by atoms with van der Waals surface area (Å²) in [6.07, 6.45) is 0. The Kier molecular flexibility index (Phi) is 4.29. The third kappa shape index (κ3) is 3.34. The van der Waals surface area contributed by atoms with Crippen molar-refractivity contribution in [1.82, 2.24) is 14.6 Å². The molecule has 2 heterocycles. The maximum atomic E-state index is 11.9. The maximum absolute atomic E-state index is 11.9. The van der Waals surface area contributed by atoms with Gasteiger partial charge in [-0.2, -0.15) is 4.52 Å². The minimum atomic E-state index is -0.153. The molecule has 0 aliphatic rings. The molecule has 0 atom stereocenters. The highest BCUT2D eigenvalue weighted by atomic mass is 32.1. The van der Waals surface area contributed by atoms with Crippen LogP contribution in [0, 0.1) is 13.8 Å². The maximum Gasteiger partial charge on any atom is 0.275 e. The minimum Gasteiger partial charge on any atom is -0.491 e. The summed E-state index contributed by atoms with van der Waals surface area (Å²) >= 11 is 1.39. The first-order chi connectivity index (χ1) is 11.0. The lowest BCUT2D eigenvalue weighted by Crippen LogP contribution is -2.24. The molecule has 0 N–H and O–H groups in total. The van der Waals surface area contributed by atoms with Crippen LogP contribution in [0.5, 0.6) is 5.75 Å². The first kappa shape index (κ1) is 15.5. The molecular weight excluding hydrogens is 312 g/mol. The fraction of sp³-hybridized carbons (Fsp3) is 0.312. The van der Waals surface area contributed by atoms with Crippen LogP contribution >= 0.6 is 11.3 Å². The second-order valence-corrected chi connectivity index (χ2v) is 6.28. The smallest absolute Gasteiger partial charge is 0.275 e. The van der Waals surface area contributed by atoms with Gasteiger partial charge in [-0.1, -0.05) is 29.5 Å². The van der Waals surface area contributed by atoms with Crippen LogP contribution in [-0.2, 0) is 0 Å². The van der Waals surface area contributed by atoms with E-state index in [1.54, 1.807) is 6.92 Å². The third-order valence-corrected chi connectivity index (χ3v) is 4.49. The van der Waals surface area contributed by atoms with Crippen LogP contribution in [-0.4, -0.2) is 34.8 Å². The number of anilines is 1. The Morgan fingerprint density at radius 3 is 2.87 bits per heavy atom. The van der Waals surface area contributed by atoms with Gasteiger partial charge in [-0.3, -0.25) is 4.79 Å². The van der Waals surface area contributed by atoms with Crippen molar-refractivity contribution in [2.75, 3.05) is 25.1 Å². The van der Waals surface area contributed by atoms with E-state index in [1.165, 1.54) is 21.9 Å². The molecule has 0 bridgehead atoms. The summed E-state index contributed by atoms with van der Waals surface area (Å²) in [5.74, 6) is 0.888. The van der Waals surface area contributed by atoms with E-state index in [0.29, 0.717) is 23.8 Å². The molecular formula is C16H18N4O2S. The predicted octanol–water partition coefficient (Wildman–Crippen LogP) is 2.28. The highest BCUT2D eigenvalue weighted by Crippen LogP contribution is 2.20. The van der Waals surface area contributed by atoms with Gasteiger partial charge in [0.1, 0.15) is 12.4 Å². The van der Waals surface area contributed by atoms with Gasteiger partial charge in [0, 0.05) is 18.8 Å². The van der Waals surface area contributed by atoms with Crippen molar-refractivity contribution in [3.8, 4) is 5.75 Å². The van der Waals surface area contributed by atoms with Gasteiger partial charge in [0.05, 0.1) is 6.54 Å². The van der Waals surface area contributed by atoms with Gasteiger partial charge in [0.15, 0.2) is 0 Å². The van der Waals surface area contributed by atoms with E-state index in [0.717, 1.165) is 16.4 Å². The topological polar surface area (TPSA) is 59.7 Å². The highest BCUT2D eigenvalue weighted by molar-refractivity contribution is 7.20. The van der Waals surface area contributed by atoms with Gasteiger partial charge in [-0.25, -0.2) is 4.98 Å². The van der Waals surface area contributed by atoms with Crippen molar-refractivity contribution in [2.45, 2.75) is 13.8 Å². The molecule has 0 radical (unpaired) electrons. The van der Waals surface area contributed by atoms with E-state index in [9.17, 15) is 4.79 Å². The zero-order valence-corrected chi connectivity index (χ0v) is 14.1. The summed E-state index contributed by atoms with van der Waals surface area (Å²) in [5, 5.41) is 5.07. The van der Waals surface area contributed by atoms with Gasteiger partial charge >= 0.3 is 0 Å². The molecule has 0 fully saturated rings. The fourth-order valence-electron chi connectivity index (χ4n) is 2.17. The Morgan fingerprint density at radius 2 is 2.09 bits per heavy atom. The van der Waals surface area contributed by atoms with E-state index < -0.39 is 0 Å². The number of fused-ring (bicyclic) bond motifs is 1. The Labute approximate surface area is 138 Å². The minimum absolute atomic E-state index is 0.153. The van der Waals surface area contributed by atoms with Gasteiger partial charge in [0.2, 0.25) is 10.1 Å². The van der Waals surface area contributed by atoms with Gasteiger partial charge in [0.25, 0.3) is 5.56 Å². The van der Waals surface area contributed by atoms with E-state index in [2.05, 4.69) is 10.1 Å². The van der Waals surface area contributed by atoms with Gasteiger partial charge < -0.3 is 9.64 Å². The summed E-state index contributed by atoms with van der Waals surface area (Å²) in [7, 11) is 1.93. The normalized spacial score (nSPS) is 10.9. The Bertz CT molecular complexity index is 887. The lowest BCUT2D eigenvalue weighted by molar-refractivity contribution is 0.323. The number of aryl methyl sites for hydroxylation is 2. The standard InChI is InChI=1S/C16H18N4O2S/c1-11-6-4-5-7-13(11)22-9-8-19(3)16-18-20-14(21)10-12(2)17-15(20)23-16/h4-7,10H,8-9H2,1-3H3. The number of likely N-dealkylation sites (N-methyl/N-ethyl adjacent to an activating group) is 1. The molecule has 2 aromatic heterocycles. The Morgan fingerprint density at radius 1 is 1.30 bits per heavy atom. The average Bonchev–Trinajstić information content (AvgIpc) is 2.93. The summed E-state index contributed by atoms with van der Waals surface area (Å²) in [6, 6.07) is 9.41. The van der Waals surface area contributed by atoms with Crippen molar-refractivity contribution in [3.05, 3.63) is 51.9 Å². The SMILES string of the molecule is Cc1cc(=O)n2nc(N(C)CCOc3ccccc3C)sc2n1. The molecule has 0 aliphatic heterocycles. The van der Waals surface area contributed by atoms with Crippen molar-refractivity contribution < 1.29 is 4.74 Å². The number of hydrogen-bond donors (Lipinski definition) is 0. The highest BCUT2D eigenvalue weighted by Gasteiger charge is 2.11. The predicted molar refractivity (Wildman–Crippen MR) is 91.8 cm³/mol. The molecule has 7 heteroatoms. The Balaban J connectivity index is 1.69. The van der Waals surface area contributed by atoms with Crippen molar-refractivity contribution in [2.24, 2.45) is 0 Å². The average molecular weight is 330 g/mol. The number of rotatable bonds is 5. The summed E-state index contributed by atoms with van der Waals surface area (Å²) in [5.41, 5.74) is 1.66. The molecule has 3 aromatic rings. The van der Waals surface area contributed by atoms with Crippen molar-refractivity contribution in [3.63, 3.8) is 0 Å². The lowest BCUT2D eigenvalue weighted by atomic mass is 10.2. The van der Waals surface area contributed by atoms with Crippen LogP contribution in [0.4, 0.5) is 5.13 Å². The molecule has 0 saturated heterocycles. The van der Waals surface area contributed by atoms with Gasteiger partial charge in [-0.05, 0) is 25.5 Å². The molecule has 120 valence electrons. The molecule has 0 unspecified atom stereocenters. The van der Waals surface area contributed by atoms with E-state index in [-0.39, 0.29) is 5.56 Å². The monoisotopic (exact) mass is 330 g/mol. The van der Waals surface area contributed by atoms with Crippen molar-refractivity contribution in [1.29, 1.82) is 0 Å². The summed E-state index contributed by atoms with van der Waals surface area (Å²) in [4.78, 5) is 18.8. The van der Waals surface area contributed by atoms with Gasteiger partial charge in [-0.15, -0.1) is 5.10 Å². The first-order valence-corrected chi connectivity index (χ1v) is 8.13. The van der Waals surface area contributed by atoms with Crippen LogP contribution in [0.2, 0.25) is 0 Å². The molecule has 0 saturated carbocycles.